The molecule has 0 fully saturated rings. The Hall–Kier alpha value is -1.65. The molecule has 0 radical (unpaired) electrons. The van der Waals surface area contributed by atoms with Gasteiger partial charge in [0.05, 0.1) is 19.3 Å². The number of fused-ring (bicyclic) bond motifs is 1. The van der Waals surface area contributed by atoms with Crippen molar-refractivity contribution in [3.8, 4) is 0 Å². The van der Waals surface area contributed by atoms with E-state index in [1.165, 1.54) is 4.90 Å². The number of carbonyl (C=O) groups is 1. The Morgan fingerprint density at radius 2 is 2.06 bits per heavy atom. The number of rotatable bonds is 4. The number of nitrogens with zero attached hydrogens (tertiary/aromatic N) is 1. The zero-order valence-corrected chi connectivity index (χ0v) is 9.72. The predicted molar refractivity (Wildman–Crippen MR) is 64.4 cm³/mol. The van der Waals surface area contributed by atoms with Gasteiger partial charge in [0, 0.05) is 23.9 Å². The first-order chi connectivity index (χ1) is 8.20. The number of hydrogen-bond donors (Lipinski definition) is 1. The normalized spacial score (nSPS) is 16.2. The van der Waals surface area contributed by atoms with Gasteiger partial charge in [-0.15, -0.1) is 0 Å². The maximum atomic E-state index is 12.2. The van der Waals surface area contributed by atoms with Gasteiger partial charge in [0.25, 0.3) is 5.91 Å². The third kappa shape index (κ3) is 1.85. The number of methoxy groups -OCH3 is 1. The van der Waals surface area contributed by atoms with Crippen LogP contribution in [0, 0.1) is 0 Å². The molecule has 0 saturated heterocycles. The number of hydrogen-bond acceptors (Lipinski definition) is 3. The zero-order valence-electron chi connectivity index (χ0n) is 9.72. The maximum absolute atomic E-state index is 12.2. The van der Waals surface area contributed by atoms with Crippen molar-refractivity contribution in [1.29, 1.82) is 0 Å². The molecule has 1 aromatic rings. The van der Waals surface area contributed by atoms with Gasteiger partial charge in [-0.2, -0.15) is 0 Å². The molecule has 1 aliphatic heterocycles. The smallest absolute Gasteiger partial charge is 0.259 e. The molecule has 1 N–H and O–H groups in total. The first-order valence-corrected chi connectivity index (χ1v) is 5.42. The summed E-state index contributed by atoms with van der Waals surface area (Å²) < 4.78 is 5.01. The second-order valence-electron chi connectivity index (χ2n) is 3.96. The molecule has 0 aliphatic carbocycles. The number of amides is 1. The molecule has 1 aliphatic rings. The van der Waals surface area contributed by atoms with Crippen molar-refractivity contribution in [1.82, 2.24) is 4.90 Å². The van der Waals surface area contributed by atoms with Crippen molar-refractivity contribution in [2.45, 2.75) is 6.04 Å². The fourth-order valence-electron chi connectivity index (χ4n) is 2.09. The van der Waals surface area contributed by atoms with E-state index in [9.17, 15) is 9.90 Å². The van der Waals surface area contributed by atoms with Gasteiger partial charge in [-0.1, -0.05) is 24.8 Å². The molecule has 1 heterocycles. The quantitative estimate of drug-likeness (QED) is 0.847. The van der Waals surface area contributed by atoms with Crippen LogP contribution >= 0.6 is 0 Å². The molecule has 0 spiro atoms. The van der Waals surface area contributed by atoms with Crippen LogP contribution in [0.2, 0.25) is 0 Å². The summed E-state index contributed by atoms with van der Waals surface area (Å²) in [7, 11) is 1.54. The lowest BCUT2D eigenvalue weighted by Crippen LogP contribution is -2.40. The van der Waals surface area contributed by atoms with Crippen LogP contribution < -0.4 is 0 Å². The number of aliphatic hydroxyl groups is 1. The highest BCUT2D eigenvalue weighted by atomic mass is 16.5. The second-order valence-corrected chi connectivity index (χ2v) is 3.96. The Morgan fingerprint density at radius 1 is 1.41 bits per heavy atom. The van der Waals surface area contributed by atoms with Gasteiger partial charge in [-0.3, -0.25) is 4.79 Å². The summed E-state index contributed by atoms with van der Waals surface area (Å²) in [4.78, 5) is 13.7. The van der Waals surface area contributed by atoms with Crippen molar-refractivity contribution in [2.75, 3.05) is 20.3 Å². The molecule has 1 unspecified atom stereocenters. The Bertz CT molecular complexity index is 421. The molecule has 1 amide bonds. The van der Waals surface area contributed by atoms with Crippen LogP contribution in [-0.4, -0.2) is 42.3 Å². The van der Waals surface area contributed by atoms with Crippen molar-refractivity contribution < 1.29 is 14.6 Å². The first kappa shape index (κ1) is 11.8. The van der Waals surface area contributed by atoms with Crippen LogP contribution in [0.5, 0.6) is 0 Å². The molecule has 4 heteroatoms. The average Bonchev–Trinajstić information content (AvgIpc) is 2.61. The average molecular weight is 233 g/mol. The van der Waals surface area contributed by atoms with Crippen LogP contribution in [0.4, 0.5) is 0 Å². The van der Waals surface area contributed by atoms with Gasteiger partial charge < -0.3 is 14.7 Å². The van der Waals surface area contributed by atoms with E-state index in [4.69, 9.17) is 4.74 Å². The van der Waals surface area contributed by atoms with Crippen molar-refractivity contribution in [3.63, 3.8) is 0 Å². The largest absolute Gasteiger partial charge is 0.394 e. The summed E-state index contributed by atoms with van der Waals surface area (Å²) in [6.45, 7) is 4.06. The molecule has 17 heavy (non-hydrogen) atoms. The summed E-state index contributed by atoms with van der Waals surface area (Å²) >= 11 is 0. The standard InChI is InChI=1S/C13H15NO3/c1-9-11-5-3-4-6-12(11)13(16)14(9)10(7-15)8-17-2/h3-6,10,15H,1,7-8H2,2H3. The zero-order chi connectivity index (χ0) is 12.4. The highest BCUT2D eigenvalue weighted by molar-refractivity contribution is 6.09. The van der Waals surface area contributed by atoms with Crippen LogP contribution in [0.1, 0.15) is 15.9 Å². The van der Waals surface area contributed by atoms with E-state index in [2.05, 4.69) is 6.58 Å². The van der Waals surface area contributed by atoms with Gasteiger partial charge in [0.15, 0.2) is 0 Å². The lowest BCUT2D eigenvalue weighted by Gasteiger charge is -2.26. The molecule has 0 saturated carbocycles. The Morgan fingerprint density at radius 3 is 2.59 bits per heavy atom. The summed E-state index contributed by atoms with van der Waals surface area (Å²) in [6, 6.07) is 6.93. The maximum Gasteiger partial charge on any atom is 0.259 e. The molecule has 0 aromatic heterocycles. The van der Waals surface area contributed by atoms with E-state index in [0.717, 1.165) is 5.56 Å². The topological polar surface area (TPSA) is 49.8 Å². The van der Waals surface area contributed by atoms with Crippen molar-refractivity contribution >= 4 is 11.6 Å². The van der Waals surface area contributed by atoms with Gasteiger partial charge in [0.2, 0.25) is 0 Å². The van der Waals surface area contributed by atoms with Crippen LogP contribution in [0.25, 0.3) is 5.70 Å². The third-order valence-corrected chi connectivity index (χ3v) is 2.91. The Kier molecular flexibility index (Phi) is 3.26. The van der Waals surface area contributed by atoms with E-state index in [1.807, 2.05) is 18.2 Å². The third-order valence-electron chi connectivity index (χ3n) is 2.91. The van der Waals surface area contributed by atoms with Gasteiger partial charge in [-0.05, 0) is 6.07 Å². The molecule has 4 nitrogen and oxygen atoms in total. The fourth-order valence-corrected chi connectivity index (χ4v) is 2.09. The second kappa shape index (κ2) is 4.69. The molecule has 2 rings (SSSR count). The highest BCUT2D eigenvalue weighted by Gasteiger charge is 2.35. The minimum absolute atomic E-state index is 0.123. The van der Waals surface area contributed by atoms with Crippen LogP contribution in [0.3, 0.4) is 0 Å². The summed E-state index contributed by atoms with van der Waals surface area (Å²) in [5.74, 6) is -0.123. The minimum Gasteiger partial charge on any atom is -0.394 e. The van der Waals surface area contributed by atoms with Gasteiger partial charge in [-0.25, -0.2) is 0 Å². The van der Waals surface area contributed by atoms with E-state index >= 15 is 0 Å². The molecule has 1 aromatic carbocycles. The van der Waals surface area contributed by atoms with Crippen LogP contribution in [-0.2, 0) is 4.74 Å². The summed E-state index contributed by atoms with van der Waals surface area (Å²) in [6.07, 6.45) is 0. The Labute approximate surface area is 100 Å². The molecule has 90 valence electrons. The number of ether oxygens (including phenoxy) is 1. The van der Waals surface area contributed by atoms with Crippen molar-refractivity contribution in [2.24, 2.45) is 0 Å². The number of carbonyl (C=O) groups excluding carboxylic acids is 1. The van der Waals surface area contributed by atoms with E-state index in [1.54, 1.807) is 13.2 Å². The molecule has 0 bridgehead atoms. The summed E-state index contributed by atoms with van der Waals surface area (Å²) in [5, 5.41) is 9.32. The molecular formula is C13H15NO3. The van der Waals surface area contributed by atoms with E-state index < -0.39 is 0 Å². The van der Waals surface area contributed by atoms with E-state index in [0.29, 0.717) is 11.3 Å². The first-order valence-electron chi connectivity index (χ1n) is 5.42. The number of aliphatic hydroxyl groups excluding tert-OH is 1. The Balaban J connectivity index is 2.35. The molecular weight excluding hydrogens is 218 g/mol. The number of benzene rings is 1. The van der Waals surface area contributed by atoms with Gasteiger partial charge in [0.1, 0.15) is 0 Å². The lowest BCUT2D eigenvalue weighted by molar-refractivity contribution is 0.0578. The van der Waals surface area contributed by atoms with Crippen molar-refractivity contribution in [3.05, 3.63) is 42.0 Å². The van der Waals surface area contributed by atoms with Gasteiger partial charge >= 0.3 is 0 Å². The minimum atomic E-state index is -0.382. The summed E-state index contributed by atoms with van der Waals surface area (Å²) in [5.41, 5.74) is 2.08. The lowest BCUT2D eigenvalue weighted by atomic mass is 10.1. The SMILES string of the molecule is C=C1c2ccccc2C(=O)N1C(CO)COC. The molecule has 1 atom stereocenters. The fraction of sp³-hybridized carbons (Fsp3) is 0.308. The highest BCUT2D eigenvalue weighted by Crippen LogP contribution is 2.32. The monoisotopic (exact) mass is 233 g/mol. The predicted octanol–water partition coefficient (Wildman–Crippen LogP) is 1.12. The van der Waals surface area contributed by atoms with Crippen LogP contribution in [0.15, 0.2) is 30.8 Å². The van der Waals surface area contributed by atoms with E-state index in [-0.39, 0.29) is 25.2 Å².